The van der Waals surface area contributed by atoms with E-state index in [9.17, 15) is 9.50 Å². The van der Waals surface area contributed by atoms with Crippen LogP contribution in [-0.4, -0.2) is 60.4 Å². The molecule has 2 aromatic rings. The van der Waals surface area contributed by atoms with Crippen LogP contribution in [0, 0.1) is 5.82 Å². The van der Waals surface area contributed by atoms with Crippen LogP contribution < -0.4 is 4.90 Å². The van der Waals surface area contributed by atoms with Crippen molar-refractivity contribution in [1.82, 2.24) is 9.88 Å². The van der Waals surface area contributed by atoms with E-state index in [1.54, 1.807) is 29.5 Å². The largest absolute Gasteiger partial charge is 0.389 e. The van der Waals surface area contributed by atoms with Gasteiger partial charge in [-0.25, -0.2) is 9.37 Å². The minimum atomic E-state index is -0.566. The number of benzene rings is 1. The molecular formula is C17H22FN3O2S. The molecule has 1 aliphatic rings. The van der Waals surface area contributed by atoms with Gasteiger partial charge in [0.1, 0.15) is 5.82 Å². The lowest BCUT2D eigenvalue weighted by atomic mass is 10.2. The first-order valence-electron chi connectivity index (χ1n) is 8.08. The highest BCUT2D eigenvalue weighted by atomic mass is 32.1. The maximum atomic E-state index is 13.5. The number of hydrogen-bond donors (Lipinski definition) is 1. The number of β-amino-alcohol motifs (C(OH)–C–C–N with tert-alkyl or cyclic N) is 1. The summed E-state index contributed by atoms with van der Waals surface area (Å²) in [7, 11) is 0. The predicted molar refractivity (Wildman–Crippen MR) is 92.8 cm³/mol. The van der Waals surface area contributed by atoms with Crippen molar-refractivity contribution in [2.24, 2.45) is 0 Å². The number of anilines is 1. The highest BCUT2D eigenvalue weighted by Gasteiger charge is 2.20. The number of piperazine rings is 1. The van der Waals surface area contributed by atoms with Crippen LogP contribution in [0.15, 0.2) is 35.8 Å². The summed E-state index contributed by atoms with van der Waals surface area (Å²) in [5, 5.41) is 13.2. The van der Waals surface area contributed by atoms with Gasteiger partial charge in [-0.2, -0.15) is 0 Å². The second-order valence-electron chi connectivity index (χ2n) is 5.86. The van der Waals surface area contributed by atoms with Crippen molar-refractivity contribution in [2.75, 3.05) is 44.2 Å². The van der Waals surface area contributed by atoms with Crippen molar-refractivity contribution in [1.29, 1.82) is 0 Å². The van der Waals surface area contributed by atoms with E-state index in [1.165, 1.54) is 6.07 Å². The molecule has 1 fully saturated rings. The summed E-state index contributed by atoms with van der Waals surface area (Å²) in [5.74, 6) is -0.273. The normalized spacial score (nSPS) is 17.2. The quantitative estimate of drug-likeness (QED) is 0.827. The molecule has 1 N–H and O–H groups in total. The van der Waals surface area contributed by atoms with Gasteiger partial charge in [-0.1, -0.05) is 18.2 Å². The first kappa shape index (κ1) is 17.3. The molecule has 3 rings (SSSR count). The molecule has 0 spiro atoms. The van der Waals surface area contributed by atoms with Gasteiger partial charge in [0.15, 0.2) is 5.13 Å². The van der Waals surface area contributed by atoms with E-state index in [-0.39, 0.29) is 19.0 Å². The van der Waals surface area contributed by atoms with Gasteiger partial charge < -0.3 is 14.7 Å². The Morgan fingerprint density at radius 2 is 2.04 bits per heavy atom. The van der Waals surface area contributed by atoms with Crippen LogP contribution in [0.1, 0.15) is 5.56 Å². The maximum Gasteiger partial charge on any atom is 0.185 e. The molecule has 5 nitrogen and oxygen atoms in total. The van der Waals surface area contributed by atoms with Gasteiger partial charge >= 0.3 is 0 Å². The first-order chi connectivity index (χ1) is 11.7. The van der Waals surface area contributed by atoms with Crippen molar-refractivity contribution >= 4 is 16.5 Å². The fourth-order valence-corrected chi connectivity index (χ4v) is 3.46. The van der Waals surface area contributed by atoms with Crippen LogP contribution in [0.3, 0.4) is 0 Å². The third kappa shape index (κ3) is 4.73. The Morgan fingerprint density at radius 3 is 2.75 bits per heavy atom. The van der Waals surface area contributed by atoms with Crippen molar-refractivity contribution in [3.8, 4) is 0 Å². The minimum Gasteiger partial charge on any atom is -0.389 e. The summed E-state index contributed by atoms with van der Waals surface area (Å²) in [6.45, 7) is 4.58. The zero-order valence-corrected chi connectivity index (χ0v) is 14.3. The summed E-state index contributed by atoms with van der Waals surface area (Å²) < 4.78 is 18.9. The Morgan fingerprint density at radius 1 is 1.25 bits per heavy atom. The van der Waals surface area contributed by atoms with Gasteiger partial charge in [0.05, 0.1) is 19.3 Å². The average Bonchev–Trinajstić information content (AvgIpc) is 3.12. The summed E-state index contributed by atoms with van der Waals surface area (Å²) in [4.78, 5) is 8.82. The monoisotopic (exact) mass is 351 g/mol. The number of ether oxygens (including phenoxy) is 1. The Labute approximate surface area is 145 Å². The molecule has 0 amide bonds. The van der Waals surface area contributed by atoms with E-state index in [0.717, 1.165) is 31.3 Å². The van der Waals surface area contributed by atoms with Crippen LogP contribution in [0.25, 0.3) is 0 Å². The predicted octanol–water partition coefficient (Wildman–Crippen LogP) is 1.98. The standard InChI is InChI=1S/C17H22FN3O2S/c18-16-4-2-1-3-14(16)12-23-13-15(22)11-20-6-8-21(9-7-20)17-19-5-10-24-17/h1-5,10,15,22H,6-9,11-13H2. The van der Waals surface area contributed by atoms with Crippen LogP contribution in [-0.2, 0) is 11.3 Å². The van der Waals surface area contributed by atoms with E-state index in [0.29, 0.717) is 12.1 Å². The van der Waals surface area contributed by atoms with E-state index >= 15 is 0 Å². The zero-order chi connectivity index (χ0) is 16.8. The first-order valence-corrected chi connectivity index (χ1v) is 8.96. The SMILES string of the molecule is OC(COCc1ccccc1F)CN1CCN(c2nccs2)CC1. The third-order valence-corrected chi connectivity index (χ3v) is 4.89. The summed E-state index contributed by atoms with van der Waals surface area (Å²) in [6.07, 6.45) is 1.26. The number of thiazole rings is 1. The van der Waals surface area contributed by atoms with E-state index < -0.39 is 6.10 Å². The van der Waals surface area contributed by atoms with Gasteiger partial charge in [0.2, 0.25) is 0 Å². The summed E-state index contributed by atoms with van der Waals surface area (Å²) >= 11 is 1.65. The van der Waals surface area contributed by atoms with Gasteiger partial charge in [-0.05, 0) is 6.07 Å². The van der Waals surface area contributed by atoms with Gasteiger partial charge in [0, 0.05) is 49.9 Å². The lowest BCUT2D eigenvalue weighted by molar-refractivity contribution is 0.00839. The number of halogens is 1. The Balaban J connectivity index is 1.35. The second kappa shape index (κ2) is 8.53. The molecule has 7 heteroatoms. The number of aliphatic hydroxyl groups is 1. The van der Waals surface area contributed by atoms with E-state index in [4.69, 9.17) is 4.74 Å². The van der Waals surface area contributed by atoms with E-state index in [2.05, 4.69) is 14.8 Å². The fourth-order valence-electron chi connectivity index (χ4n) is 2.76. The molecule has 1 atom stereocenters. The lowest BCUT2D eigenvalue weighted by Gasteiger charge is -2.35. The van der Waals surface area contributed by atoms with Crippen molar-refractivity contribution in [2.45, 2.75) is 12.7 Å². The number of nitrogens with zero attached hydrogens (tertiary/aromatic N) is 3. The molecule has 1 unspecified atom stereocenters. The van der Waals surface area contributed by atoms with Crippen molar-refractivity contribution < 1.29 is 14.2 Å². The Bertz CT molecular complexity index is 618. The molecule has 1 aliphatic heterocycles. The fraction of sp³-hybridized carbons (Fsp3) is 0.471. The lowest BCUT2D eigenvalue weighted by Crippen LogP contribution is -2.49. The Kier molecular flexibility index (Phi) is 6.14. The molecule has 1 aromatic heterocycles. The van der Waals surface area contributed by atoms with Crippen molar-refractivity contribution in [3.05, 3.63) is 47.2 Å². The molecule has 24 heavy (non-hydrogen) atoms. The molecule has 0 aliphatic carbocycles. The highest BCUT2D eigenvalue weighted by Crippen LogP contribution is 2.18. The molecule has 1 saturated heterocycles. The molecule has 0 bridgehead atoms. The van der Waals surface area contributed by atoms with Gasteiger partial charge in [0.25, 0.3) is 0 Å². The minimum absolute atomic E-state index is 0.182. The summed E-state index contributed by atoms with van der Waals surface area (Å²) in [6, 6.07) is 6.54. The van der Waals surface area contributed by atoms with Crippen LogP contribution >= 0.6 is 11.3 Å². The molecule has 0 saturated carbocycles. The van der Waals surface area contributed by atoms with Crippen molar-refractivity contribution in [3.63, 3.8) is 0 Å². The van der Waals surface area contributed by atoms with E-state index in [1.807, 2.05) is 11.6 Å². The number of hydrogen-bond acceptors (Lipinski definition) is 6. The van der Waals surface area contributed by atoms with Crippen LogP contribution in [0.5, 0.6) is 0 Å². The van der Waals surface area contributed by atoms with Crippen LogP contribution in [0.4, 0.5) is 9.52 Å². The molecule has 130 valence electrons. The molecular weight excluding hydrogens is 329 g/mol. The van der Waals surface area contributed by atoms with Gasteiger partial charge in [-0.15, -0.1) is 11.3 Å². The molecule has 1 aromatic carbocycles. The second-order valence-corrected chi connectivity index (χ2v) is 6.74. The number of rotatable bonds is 7. The van der Waals surface area contributed by atoms with Crippen LogP contribution in [0.2, 0.25) is 0 Å². The zero-order valence-electron chi connectivity index (χ0n) is 13.5. The number of aliphatic hydroxyl groups excluding tert-OH is 1. The Hall–Kier alpha value is -1.54. The average molecular weight is 351 g/mol. The summed E-state index contributed by atoms with van der Waals surface area (Å²) in [5.41, 5.74) is 0.516. The smallest absolute Gasteiger partial charge is 0.185 e. The maximum absolute atomic E-state index is 13.5. The third-order valence-electron chi connectivity index (χ3n) is 4.06. The molecule has 0 radical (unpaired) electrons. The topological polar surface area (TPSA) is 48.8 Å². The number of aromatic nitrogens is 1. The molecule has 2 heterocycles. The highest BCUT2D eigenvalue weighted by molar-refractivity contribution is 7.13. The van der Waals surface area contributed by atoms with Gasteiger partial charge in [-0.3, -0.25) is 4.90 Å².